The van der Waals surface area contributed by atoms with Crippen molar-refractivity contribution in [3.8, 4) is 16.9 Å². The van der Waals surface area contributed by atoms with Crippen molar-refractivity contribution in [3.05, 3.63) is 58.9 Å². The second-order valence-corrected chi connectivity index (χ2v) is 10.3. The molecule has 0 saturated heterocycles. The zero-order valence-corrected chi connectivity index (χ0v) is 26.3. The smallest absolute Gasteiger partial charge is 0.490 e. The van der Waals surface area contributed by atoms with E-state index in [1.165, 1.54) is 6.33 Å². The van der Waals surface area contributed by atoms with Gasteiger partial charge in [-0.3, -0.25) is 4.98 Å². The topological polar surface area (TPSA) is 172 Å². The van der Waals surface area contributed by atoms with Crippen molar-refractivity contribution in [1.29, 1.82) is 0 Å². The largest absolute Gasteiger partial charge is 0.496 e. The molecule has 19 heteroatoms. The molecule has 0 aliphatic carbocycles. The number of aromatic amines is 1. The Hall–Kier alpha value is -4.71. The van der Waals surface area contributed by atoms with Gasteiger partial charge in [0, 0.05) is 35.0 Å². The first-order valence-electron chi connectivity index (χ1n) is 13.1. The molecule has 1 atom stereocenters. The van der Waals surface area contributed by atoms with E-state index in [9.17, 15) is 26.3 Å². The van der Waals surface area contributed by atoms with Gasteiger partial charge in [-0.1, -0.05) is 17.7 Å². The molecule has 256 valence electrons. The number of H-pyrrole nitrogens is 1. The lowest BCUT2D eigenvalue weighted by atomic mass is 9.93. The number of hydrogen-bond donors (Lipinski definition) is 4. The number of methoxy groups -OCH3 is 2. The summed E-state index contributed by atoms with van der Waals surface area (Å²) in [5, 5.41) is 18.3. The first-order chi connectivity index (χ1) is 21.6. The Balaban J connectivity index is 0.000000459. The maximum atomic E-state index is 10.6. The van der Waals surface area contributed by atoms with Crippen LogP contribution in [0.5, 0.6) is 5.75 Å². The van der Waals surface area contributed by atoms with Crippen LogP contribution in [0, 0.1) is 6.92 Å². The number of pyridine rings is 1. The molecule has 0 saturated carbocycles. The first kappa shape index (κ1) is 38.5. The highest BCUT2D eigenvalue weighted by molar-refractivity contribution is 6.32. The normalized spacial score (nSPS) is 12.3. The summed E-state index contributed by atoms with van der Waals surface area (Å²) in [5.74, 6) is -4.16. The van der Waals surface area contributed by atoms with Gasteiger partial charge in [-0.25, -0.2) is 24.5 Å². The van der Waals surface area contributed by atoms with E-state index in [0.717, 1.165) is 33.7 Å². The van der Waals surface area contributed by atoms with E-state index in [1.54, 1.807) is 20.5 Å². The van der Waals surface area contributed by atoms with Crippen LogP contribution in [0.1, 0.15) is 43.6 Å². The number of imidazole rings is 1. The Bertz CT molecular complexity index is 1670. The number of alkyl halides is 6. The summed E-state index contributed by atoms with van der Waals surface area (Å²) in [6.07, 6.45) is -5.25. The lowest BCUT2D eigenvalue weighted by molar-refractivity contribution is -0.193. The number of halogens is 7. The van der Waals surface area contributed by atoms with Gasteiger partial charge < -0.3 is 30.0 Å². The molecule has 47 heavy (non-hydrogen) atoms. The molecule has 12 nitrogen and oxygen atoms in total. The van der Waals surface area contributed by atoms with Crippen molar-refractivity contribution in [2.24, 2.45) is 0 Å². The molecule has 4 N–H and O–H groups in total. The number of carbonyl (C=O) groups is 2. The van der Waals surface area contributed by atoms with Crippen molar-refractivity contribution >= 4 is 40.5 Å². The molecular formula is C28H29ClF6N6O6. The molecule has 0 bridgehead atoms. The number of anilines is 1. The zero-order chi connectivity index (χ0) is 35.9. The predicted octanol–water partition coefficient (Wildman–Crippen LogP) is 6.71. The van der Waals surface area contributed by atoms with Crippen LogP contribution in [0.25, 0.3) is 22.3 Å². The minimum atomic E-state index is -5.08. The van der Waals surface area contributed by atoms with E-state index < -0.39 is 29.9 Å². The molecule has 4 rings (SSSR count). The molecule has 0 amide bonds. The molecule has 0 aliphatic heterocycles. The van der Waals surface area contributed by atoms with E-state index in [2.05, 4.69) is 30.2 Å². The summed E-state index contributed by atoms with van der Waals surface area (Å²) in [6, 6.07) is 5.74. The van der Waals surface area contributed by atoms with Crippen LogP contribution in [-0.2, 0) is 19.9 Å². The Labute approximate surface area is 268 Å². The molecule has 4 aromatic rings. The number of carboxylic acid groups (broad SMARTS) is 2. The van der Waals surface area contributed by atoms with Crippen LogP contribution >= 0.6 is 11.6 Å². The standard InChI is InChI=1S/C24H27ClN6O2.2C2HF3O2/c1-13-17(25)9-16(14(2)31-23-20-22(28-11-27-20)29-12-30-23)21(32-5)19(13)15-7-8-18(26-10-15)24(3,4)33-6;2*3-2(4,5)1(6)7/h7-12,14H,1-6H3,(H2,27,28,29,30,31);2*(H,6,7). The summed E-state index contributed by atoms with van der Waals surface area (Å²) < 4.78 is 74.9. The van der Waals surface area contributed by atoms with Gasteiger partial charge in [-0.2, -0.15) is 26.3 Å². The molecule has 0 fully saturated rings. The molecule has 1 aromatic carbocycles. The molecule has 3 heterocycles. The number of benzene rings is 1. The highest BCUT2D eigenvalue weighted by atomic mass is 35.5. The maximum absolute atomic E-state index is 10.6. The molecular weight excluding hydrogens is 666 g/mol. The second kappa shape index (κ2) is 15.3. The number of nitrogens with one attached hydrogen (secondary N) is 2. The number of hydrogen-bond acceptors (Lipinski definition) is 9. The average Bonchev–Trinajstić information content (AvgIpc) is 3.48. The number of fused-ring (bicyclic) bond motifs is 1. The van der Waals surface area contributed by atoms with Crippen LogP contribution < -0.4 is 10.1 Å². The van der Waals surface area contributed by atoms with Crippen LogP contribution in [0.15, 0.2) is 37.1 Å². The molecule has 3 aromatic heterocycles. The highest BCUT2D eigenvalue weighted by Gasteiger charge is 2.39. The quantitative estimate of drug-likeness (QED) is 0.152. The Morgan fingerprint density at radius 2 is 1.55 bits per heavy atom. The number of rotatable bonds is 7. The molecule has 0 spiro atoms. The third kappa shape index (κ3) is 9.89. The van der Waals surface area contributed by atoms with Crippen molar-refractivity contribution in [1.82, 2.24) is 24.9 Å². The van der Waals surface area contributed by atoms with Gasteiger partial charge >= 0.3 is 24.3 Å². The van der Waals surface area contributed by atoms with Crippen molar-refractivity contribution in [2.45, 2.75) is 51.7 Å². The predicted molar refractivity (Wildman–Crippen MR) is 157 cm³/mol. The van der Waals surface area contributed by atoms with Gasteiger partial charge in [-0.15, -0.1) is 0 Å². The van der Waals surface area contributed by atoms with Crippen molar-refractivity contribution in [3.63, 3.8) is 0 Å². The fourth-order valence-electron chi connectivity index (χ4n) is 3.79. The van der Waals surface area contributed by atoms with Gasteiger partial charge in [0.25, 0.3) is 0 Å². The minimum Gasteiger partial charge on any atom is -0.496 e. The molecule has 0 aliphatic rings. The highest BCUT2D eigenvalue weighted by Crippen LogP contribution is 2.43. The lowest BCUT2D eigenvalue weighted by Crippen LogP contribution is -2.21. The van der Waals surface area contributed by atoms with Gasteiger partial charge in [0.15, 0.2) is 11.5 Å². The van der Waals surface area contributed by atoms with E-state index in [0.29, 0.717) is 22.0 Å². The summed E-state index contributed by atoms with van der Waals surface area (Å²) in [5.41, 5.74) is 5.32. The summed E-state index contributed by atoms with van der Waals surface area (Å²) in [4.78, 5) is 38.3. The summed E-state index contributed by atoms with van der Waals surface area (Å²) in [7, 11) is 3.34. The van der Waals surface area contributed by atoms with Gasteiger partial charge in [0.2, 0.25) is 0 Å². The third-order valence-corrected chi connectivity index (χ3v) is 6.80. The first-order valence-corrected chi connectivity index (χ1v) is 13.4. The van der Waals surface area contributed by atoms with Gasteiger partial charge in [-0.05, 0) is 45.4 Å². The maximum Gasteiger partial charge on any atom is 0.490 e. The van der Waals surface area contributed by atoms with Crippen molar-refractivity contribution in [2.75, 3.05) is 19.5 Å². The van der Waals surface area contributed by atoms with E-state index in [4.69, 9.17) is 40.9 Å². The van der Waals surface area contributed by atoms with Gasteiger partial charge in [0.1, 0.15) is 23.2 Å². The minimum absolute atomic E-state index is 0.175. The fourth-order valence-corrected chi connectivity index (χ4v) is 4.00. The summed E-state index contributed by atoms with van der Waals surface area (Å²) >= 11 is 6.68. The van der Waals surface area contributed by atoms with Crippen LogP contribution in [0.2, 0.25) is 5.02 Å². The molecule has 0 radical (unpaired) electrons. The van der Waals surface area contributed by atoms with Crippen LogP contribution in [-0.4, -0.2) is 73.6 Å². The number of carboxylic acids is 2. The molecule has 1 unspecified atom stereocenters. The lowest BCUT2D eigenvalue weighted by Gasteiger charge is -2.24. The van der Waals surface area contributed by atoms with Crippen LogP contribution in [0.3, 0.4) is 0 Å². The van der Waals surface area contributed by atoms with Crippen LogP contribution in [0.4, 0.5) is 32.2 Å². The number of aliphatic carboxylic acids is 2. The van der Waals surface area contributed by atoms with E-state index in [1.807, 2.05) is 52.1 Å². The SMILES string of the molecule is COc1c(C(C)Nc2ncnc3[nH]cnc23)cc(Cl)c(C)c1-c1ccc(C(C)(C)OC)nc1.O=C(O)C(F)(F)F.O=C(O)C(F)(F)F. The fraction of sp³-hybridized carbons (Fsp3) is 0.357. The van der Waals surface area contributed by atoms with Crippen molar-refractivity contribution < 1.29 is 55.6 Å². The zero-order valence-electron chi connectivity index (χ0n) is 25.5. The monoisotopic (exact) mass is 694 g/mol. The summed E-state index contributed by atoms with van der Waals surface area (Å²) in [6.45, 7) is 7.97. The number of nitrogens with zero attached hydrogens (tertiary/aromatic N) is 4. The Morgan fingerprint density at radius 1 is 0.979 bits per heavy atom. The number of ether oxygens (including phenoxy) is 2. The average molecular weight is 695 g/mol. The Kier molecular flexibility index (Phi) is 12.5. The van der Waals surface area contributed by atoms with E-state index in [-0.39, 0.29) is 6.04 Å². The Morgan fingerprint density at radius 3 is 2.02 bits per heavy atom. The van der Waals surface area contributed by atoms with E-state index >= 15 is 0 Å². The second-order valence-electron chi connectivity index (χ2n) is 9.92. The number of aromatic nitrogens is 5. The van der Waals surface area contributed by atoms with Gasteiger partial charge in [0.05, 0.1) is 25.2 Å². The third-order valence-electron chi connectivity index (χ3n) is 6.41.